The van der Waals surface area contributed by atoms with Crippen molar-refractivity contribution in [1.29, 1.82) is 0 Å². The number of benzene rings is 1. The minimum absolute atomic E-state index is 0.0533. The maximum absolute atomic E-state index is 12.2. The third-order valence-electron chi connectivity index (χ3n) is 4.75. The van der Waals surface area contributed by atoms with E-state index in [1.54, 1.807) is 17.7 Å². The predicted molar refractivity (Wildman–Crippen MR) is 106 cm³/mol. The SMILES string of the molecule is CC(C)C(=O)N1CCN(c2ncnc3sc(-c4ccccc4)cc23)CC1. The fourth-order valence-corrected chi connectivity index (χ4v) is 4.34. The molecule has 1 aliphatic rings. The highest BCUT2D eigenvalue weighted by molar-refractivity contribution is 7.21. The highest BCUT2D eigenvalue weighted by Crippen LogP contribution is 2.36. The van der Waals surface area contributed by atoms with E-state index in [0.717, 1.165) is 42.2 Å². The number of aromatic nitrogens is 2. The number of carbonyl (C=O) groups excluding carboxylic acids is 1. The van der Waals surface area contributed by atoms with Gasteiger partial charge in [-0.2, -0.15) is 0 Å². The zero-order valence-corrected chi connectivity index (χ0v) is 15.9. The van der Waals surface area contributed by atoms with Gasteiger partial charge in [0, 0.05) is 37.0 Å². The molecule has 0 N–H and O–H groups in total. The first kappa shape index (κ1) is 17.0. The van der Waals surface area contributed by atoms with Gasteiger partial charge in [-0.3, -0.25) is 4.79 Å². The summed E-state index contributed by atoms with van der Waals surface area (Å²) in [5.74, 6) is 1.27. The van der Waals surface area contributed by atoms with Crippen LogP contribution in [0.2, 0.25) is 0 Å². The first-order valence-electron chi connectivity index (χ1n) is 8.97. The first-order valence-corrected chi connectivity index (χ1v) is 9.79. The van der Waals surface area contributed by atoms with E-state index in [0.29, 0.717) is 0 Å². The standard InChI is InChI=1S/C20H22N4OS/c1-14(2)20(25)24-10-8-23(9-11-24)18-16-12-17(15-6-4-3-5-7-15)26-19(16)22-13-21-18/h3-7,12-14H,8-11H2,1-2H3. The Morgan fingerprint density at radius 2 is 1.81 bits per heavy atom. The quantitative estimate of drug-likeness (QED) is 0.710. The topological polar surface area (TPSA) is 49.3 Å². The Morgan fingerprint density at radius 1 is 1.08 bits per heavy atom. The van der Waals surface area contributed by atoms with Gasteiger partial charge in [-0.15, -0.1) is 11.3 Å². The number of anilines is 1. The van der Waals surface area contributed by atoms with Crippen molar-refractivity contribution in [3.63, 3.8) is 0 Å². The molecule has 0 radical (unpaired) electrons. The molecule has 0 saturated carbocycles. The Kier molecular flexibility index (Phi) is 4.59. The van der Waals surface area contributed by atoms with Crippen molar-refractivity contribution in [2.24, 2.45) is 5.92 Å². The second kappa shape index (κ2) is 7.03. The summed E-state index contributed by atoms with van der Waals surface area (Å²) in [6.07, 6.45) is 1.65. The van der Waals surface area contributed by atoms with Gasteiger partial charge in [0.25, 0.3) is 0 Å². The average molecular weight is 366 g/mol. The molecule has 3 heterocycles. The first-order chi connectivity index (χ1) is 12.6. The fraction of sp³-hybridized carbons (Fsp3) is 0.350. The minimum atomic E-state index is 0.0533. The molecule has 0 bridgehead atoms. The lowest BCUT2D eigenvalue weighted by atomic mass is 10.1. The number of nitrogens with zero attached hydrogens (tertiary/aromatic N) is 4. The average Bonchev–Trinajstić information content (AvgIpc) is 3.12. The molecular weight excluding hydrogens is 344 g/mol. The summed E-state index contributed by atoms with van der Waals surface area (Å²) in [5, 5.41) is 1.10. The molecule has 26 heavy (non-hydrogen) atoms. The molecule has 1 saturated heterocycles. The van der Waals surface area contributed by atoms with Crippen LogP contribution >= 0.6 is 11.3 Å². The van der Waals surface area contributed by atoms with Crippen molar-refractivity contribution in [3.8, 4) is 10.4 Å². The van der Waals surface area contributed by atoms with Crippen LogP contribution in [-0.2, 0) is 4.79 Å². The molecule has 0 atom stereocenters. The highest BCUT2D eigenvalue weighted by atomic mass is 32.1. The third kappa shape index (κ3) is 3.17. The molecule has 4 rings (SSSR count). The molecular formula is C20H22N4OS. The third-order valence-corrected chi connectivity index (χ3v) is 5.84. The van der Waals surface area contributed by atoms with Crippen LogP contribution in [0.5, 0.6) is 0 Å². The van der Waals surface area contributed by atoms with Gasteiger partial charge in [-0.25, -0.2) is 9.97 Å². The molecule has 0 unspecified atom stereocenters. The van der Waals surface area contributed by atoms with Crippen LogP contribution in [0.15, 0.2) is 42.7 Å². The van der Waals surface area contributed by atoms with Gasteiger partial charge in [0.1, 0.15) is 17.0 Å². The van der Waals surface area contributed by atoms with E-state index in [4.69, 9.17) is 0 Å². The van der Waals surface area contributed by atoms with E-state index in [1.807, 2.05) is 24.8 Å². The smallest absolute Gasteiger partial charge is 0.225 e. The van der Waals surface area contributed by atoms with Gasteiger partial charge in [-0.1, -0.05) is 44.2 Å². The van der Waals surface area contributed by atoms with Crippen LogP contribution in [0, 0.1) is 5.92 Å². The second-order valence-corrected chi connectivity index (χ2v) is 7.89. The monoisotopic (exact) mass is 366 g/mol. The number of thiophene rings is 1. The van der Waals surface area contributed by atoms with Crippen LogP contribution in [0.25, 0.3) is 20.7 Å². The maximum Gasteiger partial charge on any atom is 0.225 e. The Bertz CT molecular complexity index is 914. The van der Waals surface area contributed by atoms with E-state index >= 15 is 0 Å². The van der Waals surface area contributed by atoms with E-state index in [9.17, 15) is 4.79 Å². The van der Waals surface area contributed by atoms with Crippen molar-refractivity contribution < 1.29 is 4.79 Å². The van der Waals surface area contributed by atoms with Gasteiger partial charge in [0.2, 0.25) is 5.91 Å². The second-order valence-electron chi connectivity index (χ2n) is 6.86. The molecule has 2 aromatic heterocycles. The number of piperazine rings is 1. The van der Waals surface area contributed by atoms with E-state index in [-0.39, 0.29) is 11.8 Å². The van der Waals surface area contributed by atoms with Gasteiger partial charge in [0.05, 0.1) is 5.39 Å². The molecule has 0 aliphatic carbocycles. The summed E-state index contributed by atoms with van der Waals surface area (Å²) >= 11 is 1.70. The zero-order chi connectivity index (χ0) is 18.1. The van der Waals surface area contributed by atoms with Crippen LogP contribution in [-0.4, -0.2) is 47.0 Å². The minimum Gasteiger partial charge on any atom is -0.352 e. The summed E-state index contributed by atoms with van der Waals surface area (Å²) in [6, 6.07) is 12.6. The Balaban J connectivity index is 1.60. The molecule has 6 heteroatoms. The number of rotatable bonds is 3. The molecule has 3 aromatic rings. The van der Waals surface area contributed by atoms with Crippen molar-refractivity contribution >= 4 is 33.3 Å². The summed E-state index contributed by atoms with van der Waals surface area (Å²) in [5.41, 5.74) is 1.20. The molecule has 1 aliphatic heterocycles. The van der Waals surface area contributed by atoms with Crippen molar-refractivity contribution in [1.82, 2.24) is 14.9 Å². The lowest BCUT2D eigenvalue weighted by molar-refractivity contribution is -0.134. The Hall–Kier alpha value is -2.47. The number of hydrogen-bond donors (Lipinski definition) is 0. The molecule has 5 nitrogen and oxygen atoms in total. The van der Waals surface area contributed by atoms with E-state index in [1.165, 1.54) is 10.4 Å². The summed E-state index contributed by atoms with van der Waals surface area (Å²) in [6.45, 7) is 7.02. The van der Waals surface area contributed by atoms with Gasteiger partial charge < -0.3 is 9.80 Å². The predicted octanol–water partition coefficient (Wildman–Crippen LogP) is 3.66. The number of carbonyl (C=O) groups is 1. The number of amides is 1. The van der Waals surface area contributed by atoms with E-state index in [2.05, 4.69) is 45.2 Å². The summed E-state index contributed by atoms with van der Waals surface area (Å²) in [4.78, 5) is 27.7. The van der Waals surface area contributed by atoms with Crippen LogP contribution in [0.3, 0.4) is 0 Å². The molecule has 1 aromatic carbocycles. The van der Waals surface area contributed by atoms with Crippen LogP contribution < -0.4 is 4.90 Å². The fourth-order valence-electron chi connectivity index (χ4n) is 3.34. The Labute approximate surface area is 157 Å². The largest absolute Gasteiger partial charge is 0.352 e. The molecule has 1 fully saturated rings. The van der Waals surface area contributed by atoms with Crippen LogP contribution in [0.1, 0.15) is 13.8 Å². The lowest BCUT2D eigenvalue weighted by Crippen LogP contribution is -2.50. The van der Waals surface area contributed by atoms with Crippen molar-refractivity contribution in [2.45, 2.75) is 13.8 Å². The number of fused-ring (bicyclic) bond motifs is 1. The van der Waals surface area contributed by atoms with E-state index < -0.39 is 0 Å². The summed E-state index contributed by atoms with van der Waals surface area (Å²) < 4.78 is 0. The number of hydrogen-bond acceptors (Lipinski definition) is 5. The lowest BCUT2D eigenvalue weighted by Gasteiger charge is -2.36. The van der Waals surface area contributed by atoms with Gasteiger partial charge in [-0.05, 0) is 11.6 Å². The molecule has 134 valence electrons. The highest BCUT2D eigenvalue weighted by Gasteiger charge is 2.25. The Morgan fingerprint density at radius 3 is 2.50 bits per heavy atom. The van der Waals surface area contributed by atoms with Crippen molar-refractivity contribution in [3.05, 3.63) is 42.7 Å². The zero-order valence-electron chi connectivity index (χ0n) is 15.1. The molecule has 0 spiro atoms. The van der Waals surface area contributed by atoms with Crippen LogP contribution in [0.4, 0.5) is 5.82 Å². The molecule has 1 amide bonds. The summed E-state index contributed by atoms with van der Waals surface area (Å²) in [7, 11) is 0. The van der Waals surface area contributed by atoms with Gasteiger partial charge >= 0.3 is 0 Å². The van der Waals surface area contributed by atoms with Gasteiger partial charge in [0.15, 0.2) is 0 Å². The normalized spacial score (nSPS) is 15.0. The maximum atomic E-state index is 12.2. The van der Waals surface area contributed by atoms with Crippen molar-refractivity contribution in [2.75, 3.05) is 31.1 Å².